The summed E-state index contributed by atoms with van der Waals surface area (Å²) in [6, 6.07) is 4.97. The van der Waals surface area contributed by atoms with E-state index in [1.54, 1.807) is 30.7 Å². The number of carbonyl (C=O) groups excluding carboxylic acids is 2. The first kappa shape index (κ1) is 22.3. The number of rotatable bonds is 7. The first-order valence-electron chi connectivity index (χ1n) is 10.1. The largest absolute Gasteiger partial charge is 0.357 e. The molecule has 1 aliphatic rings. The summed E-state index contributed by atoms with van der Waals surface area (Å²) in [5, 5.41) is 9.95. The number of aromatic nitrogens is 2. The monoisotopic (exact) mass is 523 g/mol. The zero-order valence-corrected chi connectivity index (χ0v) is 20.0. The van der Waals surface area contributed by atoms with E-state index in [0.717, 1.165) is 44.8 Å². The number of nitrogens with one attached hydrogen (secondary N) is 4. The standard InChI is InChI=1S/C21H23BrClN5O2S/c1-11(20(29)26-10-14-6-13-9-24-3-2-17(13)28-14)27-21(30)18-5-12(8-25-18)4-15-7-16(22)19(23)31-15/h2-3,6-7,9,11-12,18,25,28H,4-5,8,10H2,1H3,(H,26,29)(H,27,30)/t11-,12-,18+/m0/s1. The average molecular weight is 525 g/mol. The molecule has 0 radical (unpaired) electrons. The molecule has 4 rings (SSSR count). The lowest BCUT2D eigenvalue weighted by atomic mass is 10.0. The predicted molar refractivity (Wildman–Crippen MR) is 126 cm³/mol. The number of amides is 2. The second-order valence-electron chi connectivity index (χ2n) is 7.81. The van der Waals surface area contributed by atoms with Crippen LogP contribution in [-0.2, 0) is 22.6 Å². The molecule has 3 atom stereocenters. The number of H-pyrrole nitrogens is 1. The van der Waals surface area contributed by atoms with Gasteiger partial charge in [0.1, 0.15) is 10.4 Å². The molecule has 31 heavy (non-hydrogen) atoms. The molecular weight excluding hydrogens is 502 g/mol. The molecular formula is C21H23BrClN5O2S. The molecule has 1 fully saturated rings. The summed E-state index contributed by atoms with van der Waals surface area (Å²) in [5.74, 6) is -0.0111. The molecule has 7 nitrogen and oxygen atoms in total. The number of fused-ring (bicyclic) bond motifs is 1. The van der Waals surface area contributed by atoms with E-state index in [9.17, 15) is 9.59 Å². The van der Waals surface area contributed by atoms with Crippen molar-refractivity contribution in [2.45, 2.75) is 38.4 Å². The lowest BCUT2D eigenvalue weighted by Crippen LogP contribution is -2.49. The number of halogens is 2. The number of thiophene rings is 1. The van der Waals surface area contributed by atoms with Crippen molar-refractivity contribution in [2.75, 3.05) is 6.54 Å². The third-order valence-electron chi connectivity index (χ3n) is 5.41. The highest BCUT2D eigenvalue weighted by Gasteiger charge is 2.31. The fraction of sp³-hybridized carbons (Fsp3) is 0.381. The van der Waals surface area contributed by atoms with Crippen LogP contribution >= 0.6 is 38.9 Å². The molecule has 2 amide bonds. The molecule has 3 aromatic heterocycles. The first-order chi connectivity index (χ1) is 14.9. The zero-order valence-electron chi connectivity index (χ0n) is 16.9. The van der Waals surface area contributed by atoms with Gasteiger partial charge < -0.3 is 20.9 Å². The summed E-state index contributed by atoms with van der Waals surface area (Å²) in [6.07, 6.45) is 5.10. The molecule has 1 aliphatic heterocycles. The minimum atomic E-state index is -0.619. The molecule has 164 valence electrons. The van der Waals surface area contributed by atoms with E-state index in [4.69, 9.17) is 11.6 Å². The van der Waals surface area contributed by atoms with Crippen molar-refractivity contribution in [1.29, 1.82) is 0 Å². The van der Waals surface area contributed by atoms with Gasteiger partial charge in [0.25, 0.3) is 0 Å². The molecule has 0 spiro atoms. The average Bonchev–Trinajstić information content (AvgIpc) is 3.45. The number of pyridine rings is 1. The lowest BCUT2D eigenvalue weighted by Gasteiger charge is -2.17. The Kier molecular flexibility index (Phi) is 6.95. The molecule has 0 unspecified atom stereocenters. The molecule has 3 aromatic rings. The van der Waals surface area contributed by atoms with Gasteiger partial charge in [-0.1, -0.05) is 11.6 Å². The Balaban J connectivity index is 1.23. The van der Waals surface area contributed by atoms with Gasteiger partial charge in [-0.05, 0) is 66.4 Å². The molecule has 0 saturated carbocycles. The van der Waals surface area contributed by atoms with Crippen LogP contribution < -0.4 is 16.0 Å². The van der Waals surface area contributed by atoms with Crippen LogP contribution in [0.5, 0.6) is 0 Å². The third kappa shape index (κ3) is 5.46. The van der Waals surface area contributed by atoms with E-state index in [2.05, 4.69) is 41.8 Å². The van der Waals surface area contributed by atoms with Crippen molar-refractivity contribution in [3.05, 3.63) is 50.0 Å². The molecule has 4 N–H and O–H groups in total. The van der Waals surface area contributed by atoms with E-state index >= 15 is 0 Å². The molecule has 4 heterocycles. The first-order valence-corrected chi connectivity index (χ1v) is 12.0. The third-order valence-corrected chi connectivity index (χ3v) is 7.90. The van der Waals surface area contributed by atoms with E-state index in [1.807, 2.05) is 18.2 Å². The summed E-state index contributed by atoms with van der Waals surface area (Å²) in [4.78, 5) is 33.6. The Morgan fingerprint density at radius 1 is 1.42 bits per heavy atom. The van der Waals surface area contributed by atoms with Crippen molar-refractivity contribution in [1.82, 2.24) is 25.9 Å². The van der Waals surface area contributed by atoms with Crippen LogP contribution in [0.1, 0.15) is 23.9 Å². The summed E-state index contributed by atoms with van der Waals surface area (Å²) in [5.41, 5.74) is 1.86. The normalized spacial score (nSPS) is 19.5. The van der Waals surface area contributed by atoms with E-state index in [-0.39, 0.29) is 17.9 Å². The number of hydrogen-bond donors (Lipinski definition) is 4. The van der Waals surface area contributed by atoms with Crippen LogP contribution in [-0.4, -0.2) is 40.4 Å². The molecule has 0 aromatic carbocycles. The zero-order chi connectivity index (χ0) is 22.0. The summed E-state index contributed by atoms with van der Waals surface area (Å²) < 4.78 is 1.66. The van der Waals surface area contributed by atoms with Crippen LogP contribution in [0, 0.1) is 5.92 Å². The van der Waals surface area contributed by atoms with Crippen LogP contribution in [0.15, 0.2) is 35.1 Å². The number of aromatic amines is 1. The fourth-order valence-corrected chi connectivity index (χ4v) is 5.69. The van der Waals surface area contributed by atoms with Crippen LogP contribution in [0.3, 0.4) is 0 Å². The Hall–Kier alpha value is -1.94. The van der Waals surface area contributed by atoms with Crippen molar-refractivity contribution >= 4 is 61.6 Å². The van der Waals surface area contributed by atoms with Gasteiger partial charge in [0.2, 0.25) is 11.8 Å². The smallest absolute Gasteiger partial charge is 0.242 e. The summed E-state index contributed by atoms with van der Waals surface area (Å²) in [7, 11) is 0. The van der Waals surface area contributed by atoms with E-state index in [1.165, 1.54) is 4.88 Å². The van der Waals surface area contributed by atoms with Crippen molar-refractivity contribution in [2.24, 2.45) is 5.92 Å². The SMILES string of the molecule is C[C@H](NC(=O)[C@H]1C[C@H](Cc2cc(Br)c(Cl)s2)CN1)C(=O)NCc1cc2cnccc2[nH]1. The lowest BCUT2D eigenvalue weighted by molar-refractivity contribution is -0.129. The molecule has 0 bridgehead atoms. The quantitative estimate of drug-likeness (QED) is 0.381. The maximum Gasteiger partial charge on any atom is 0.242 e. The number of carbonyl (C=O) groups is 2. The topological polar surface area (TPSA) is 98.9 Å². The highest BCUT2D eigenvalue weighted by Crippen LogP contribution is 2.34. The minimum absolute atomic E-state index is 0.146. The van der Waals surface area contributed by atoms with Crippen molar-refractivity contribution < 1.29 is 9.59 Å². The van der Waals surface area contributed by atoms with Gasteiger partial charge >= 0.3 is 0 Å². The van der Waals surface area contributed by atoms with Gasteiger partial charge in [-0.15, -0.1) is 11.3 Å². The van der Waals surface area contributed by atoms with Gasteiger partial charge in [0.05, 0.1) is 12.6 Å². The minimum Gasteiger partial charge on any atom is -0.357 e. The highest BCUT2D eigenvalue weighted by atomic mass is 79.9. The molecule has 10 heteroatoms. The Morgan fingerprint density at radius 3 is 3.00 bits per heavy atom. The van der Waals surface area contributed by atoms with Crippen LogP contribution in [0.4, 0.5) is 0 Å². The Morgan fingerprint density at radius 2 is 2.26 bits per heavy atom. The maximum atomic E-state index is 12.6. The van der Waals surface area contributed by atoms with Crippen molar-refractivity contribution in [3.63, 3.8) is 0 Å². The van der Waals surface area contributed by atoms with Crippen molar-refractivity contribution in [3.8, 4) is 0 Å². The van der Waals surface area contributed by atoms with Gasteiger partial charge in [0, 0.05) is 38.3 Å². The highest BCUT2D eigenvalue weighted by molar-refractivity contribution is 9.10. The van der Waals surface area contributed by atoms with E-state index < -0.39 is 6.04 Å². The number of hydrogen-bond acceptors (Lipinski definition) is 5. The second kappa shape index (κ2) is 9.68. The van der Waals surface area contributed by atoms with E-state index in [0.29, 0.717) is 12.5 Å². The summed E-state index contributed by atoms with van der Waals surface area (Å²) >= 11 is 11.1. The van der Waals surface area contributed by atoms with Crippen LogP contribution in [0.25, 0.3) is 10.9 Å². The van der Waals surface area contributed by atoms with Crippen LogP contribution in [0.2, 0.25) is 4.34 Å². The predicted octanol–water partition coefficient (Wildman–Crippen LogP) is 3.38. The Labute approximate surface area is 197 Å². The van der Waals surface area contributed by atoms with Gasteiger partial charge in [0.15, 0.2) is 0 Å². The van der Waals surface area contributed by atoms with Gasteiger partial charge in [-0.25, -0.2) is 0 Å². The number of nitrogens with zero attached hydrogens (tertiary/aromatic N) is 1. The fourth-order valence-electron chi connectivity index (χ4n) is 3.78. The second-order valence-corrected chi connectivity index (χ2v) is 10.4. The molecule has 0 aliphatic carbocycles. The molecule has 1 saturated heterocycles. The van der Waals surface area contributed by atoms with Gasteiger partial charge in [-0.2, -0.15) is 0 Å². The maximum absolute atomic E-state index is 12.6. The van der Waals surface area contributed by atoms with Gasteiger partial charge in [-0.3, -0.25) is 14.6 Å². The Bertz CT molecular complexity index is 1050. The summed E-state index contributed by atoms with van der Waals surface area (Å²) in [6.45, 7) is 2.82.